The van der Waals surface area contributed by atoms with Gasteiger partial charge in [0.05, 0.1) is 18.3 Å². The molecular formula is C34H43N3O4. The van der Waals surface area contributed by atoms with Gasteiger partial charge in [0.25, 0.3) is 5.91 Å². The topological polar surface area (TPSA) is 96.9 Å². The van der Waals surface area contributed by atoms with Gasteiger partial charge in [0.15, 0.2) is 0 Å². The standard InChI is InChI=1S/C34H43N3O4/c1-2-3-4-5-6-7-8-9-10-11-15-22-32(38)35-26-33(39)37-36-25-30-29-21-17-16-18-27(29)23-24-31(30)41-34(40)28-19-13-12-14-20-28/h12-14,16-21,23-25H,2-11,15,22,26H2,1H3,(H,35,38)(H,37,39)/b36-25-. The van der Waals surface area contributed by atoms with Crippen LogP contribution in [0.4, 0.5) is 0 Å². The first-order valence-electron chi connectivity index (χ1n) is 15.0. The van der Waals surface area contributed by atoms with E-state index < -0.39 is 11.9 Å². The molecule has 2 N–H and O–H groups in total. The van der Waals surface area contributed by atoms with E-state index in [2.05, 4.69) is 22.8 Å². The minimum atomic E-state index is -0.486. The summed E-state index contributed by atoms with van der Waals surface area (Å²) in [6.45, 7) is 2.09. The summed E-state index contributed by atoms with van der Waals surface area (Å²) in [5.74, 6) is -0.725. The lowest BCUT2D eigenvalue weighted by atomic mass is 10.0. The molecule has 0 saturated heterocycles. The highest BCUT2D eigenvalue weighted by molar-refractivity contribution is 6.04. The van der Waals surface area contributed by atoms with Crippen molar-refractivity contribution in [2.45, 2.75) is 84.0 Å². The fourth-order valence-electron chi connectivity index (χ4n) is 4.66. The molecule has 0 bridgehead atoms. The zero-order valence-corrected chi connectivity index (χ0v) is 24.2. The van der Waals surface area contributed by atoms with E-state index in [-0.39, 0.29) is 12.5 Å². The molecule has 0 spiro atoms. The minimum Gasteiger partial charge on any atom is -0.422 e. The Morgan fingerprint density at radius 1 is 0.732 bits per heavy atom. The van der Waals surface area contributed by atoms with Crippen molar-refractivity contribution in [2.24, 2.45) is 5.10 Å². The molecule has 0 atom stereocenters. The Morgan fingerprint density at radius 3 is 2.07 bits per heavy atom. The normalized spacial score (nSPS) is 11.0. The third-order valence-corrected chi connectivity index (χ3v) is 6.98. The number of hydrogen-bond acceptors (Lipinski definition) is 5. The Bertz CT molecular complexity index is 1270. The van der Waals surface area contributed by atoms with Gasteiger partial charge in [0, 0.05) is 12.0 Å². The summed E-state index contributed by atoms with van der Waals surface area (Å²) in [5, 5.41) is 8.50. The Labute approximate surface area is 243 Å². The first kappa shape index (κ1) is 31.5. The van der Waals surface area contributed by atoms with E-state index in [4.69, 9.17) is 4.74 Å². The van der Waals surface area contributed by atoms with Crippen LogP contribution in [-0.4, -0.2) is 30.5 Å². The molecule has 0 aliphatic rings. The van der Waals surface area contributed by atoms with Gasteiger partial charge in [-0.15, -0.1) is 0 Å². The quantitative estimate of drug-likeness (QED) is 0.0563. The molecule has 0 aliphatic heterocycles. The zero-order chi connectivity index (χ0) is 29.1. The molecule has 0 heterocycles. The van der Waals surface area contributed by atoms with Crippen molar-refractivity contribution in [3.63, 3.8) is 0 Å². The third kappa shape index (κ3) is 11.6. The molecule has 2 amide bonds. The molecule has 7 nitrogen and oxygen atoms in total. The van der Waals surface area contributed by atoms with E-state index in [0.717, 1.165) is 30.0 Å². The third-order valence-electron chi connectivity index (χ3n) is 6.98. The number of carbonyl (C=O) groups excluding carboxylic acids is 3. The van der Waals surface area contributed by atoms with Gasteiger partial charge in [-0.05, 0) is 35.4 Å². The number of nitrogens with zero attached hydrogens (tertiary/aromatic N) is 1. The lowest BCUT2D eigenvalue weighted by Gasteiger charge is -2.10. The first-order valence-corrected chi connectivity index (χ1v) is 15.0. The van der Waals surface area contributed by atoms with Crippen LogP contribution in [0.1, 0.15) is 99.9 Å². The predicted molar refractivity (Wildman–Crippen MR) is 165 cm³/mol. The summed E-state index contributed by atoms with van der Waals surface area (Å²) < 4.78 is 5.67. The second kappa shape index (κ2) is 18.4. The number of unbranched alkanes of at least 4 members (excludes halogenated alkanes) is 10. The van der Waals surface area contributed by atoms with Crippen LogP contribution in [0.3, 0.4) is 0 Å². The highest BCUT2D eigenvalue weighted by Crippen LogP contribution is 2.27. The Balaban J connectivity index is 1.40. The van der Waals surface area contributed by atoms with Crippen LogP contribution in [0.5, 0.6) is 5.75 Å². The molecule has 0 aromatic heterocycles. The van der Waals surface area contributed by atoms with Gasteiger partial charge >= 0.3 is 5.97 Å². The van der Waals surface area contributed by atoms with Crippen LogP contribution >= 0.6 is 0 Å². The molecule has 0 unspecified atom stereocenters. The summed E-state index contributed by atoms with van der Waals surface area (Å²) >= 11 is 0. The van der Waals surface area contributed by atoms with Crippen molar-refractivity contribution in [1.82, 2.24) is 10.7 Å². The lowest BCUT2D eigenvalue weighted by Crippen LogP contribution is -2.34. The van der Waals surface area contributed by atoms with Crippen molar-refractivity contribution in [3.05, 3.63) is 77.9 Å². The van der Waals surface area contributed by atoms with Gasteiger partial charge in [0.1, 0.15) is 5.75 Å². The number of hydrazone groups is 1. The second-order valence-electron chi connectivity index (χ2n) is 10.3. The van der Waals surface area contributed by atoms with Crippen molar-refractivity contribution < 1.29 is 19.1 Å². The molecule has 0 radical (unpaired) electrons. The van der Waals surface area contributed by atoms with Gasteiger partial charge < -0.3 is 10.1 Å². The van der Waals surface area contributed by atoms with Crippen LogP contribution in [0.25, 0.3) is 10.8 Å². The van der Waals surface area contributed by atoms with E-state index in [0.29, 0.717) is 23.3 Å². The van der Waals surface area contributed by atoms with E-state index in [1.165, 1.54) is 57.6 Å². The maximum absolute atomic E-state index is 12.7. The molecule has 0 saturated carbocycles. The van der Waals surface area contributed by atoms with Gasteiger partial charge in [-0.1, -0.05) is 120 Å². The number of benzene rings is 3. The van der Waals surface area contributed by atoms with E-state index >= 15 is 0 Å². The molecule has 7 heteroatoms. The summed E-state index contributed by atoms with van der Waals surface area (Å²) in [6.07, 6.45) is 15.3. The lowest BCUT2D eigenvalue weighted by molar-refractivity contribution is -0.126. The predicted octanol–water partition coefficient (Wildman–Crippen LogP) is 7.33. The van der Waals surface area contributed by atoms with Crippen LogP contribution in [0.2, 0.25) is 0 Å². The molecular weight excluding hydrogens is 514 g/mol. The smallest absolute Gasteiger partial charge is 0.343 e. The maximum Gasteiger partial charge on any atom is 0.343 e. The number of hydrogen-bond donors (Lipinski definition) is 2. The zero-order valence-electron chi connectivity index (χ0n) is 24.2. The minimum absolute atomic E-state index is 0.135. The number of amides is 2. The van der Waals surface area contributed by atoms with Crippen LogP contribution in [-0.2, 0) is 9.59 Å². The molecule has 3 aromatic carbocycles. The van der Waals surface area contributed by atoms with Crippen molar-refractivity contribution in [1.29, 1.82) is 0 Å². The van der Waals surface area contributed by atoms with Crippen molar-refractivity contribution in [2.75, 3.05) is 6.54 Å². The fourth-order valence-corrected chi connectivity index (χ4v) is 4.66. The van der Waals surface area contributed by atoms with Gasteiger partial charge in [-0.3, -0.25) is 9.59 Å². The average Bonchev–Trinajstić information content (AvgIpc) is 3.00. The number of carbonyl (C=O) groups is 3. The molecule has 3 rings (SSSR count). The highest BCUT2D eigenvalue weighted by Gasteiger charge is 2.13. The summed E-state index contributed by atoms with van der Waals surface area (Å²) in [6, 6.07) is 19.9. The summed E-state index contributed by atoms with van der Waals surface area (Å²) in [4.78, 5) is 37.1. The van der Waals surface area contributed by atoms with Crippen LogP contribution < -0.4 is 15.5 Å². The SMILES string of the molecule is CCCCCCCCCCCCCC(=O)NCC(=O)N/N=C\c1c(OC(=O)c2ccccc2)ccc2ccccc12. The number of rotatable bonds is 18. The Hall–Kier alpha value is -4.00. The average molecular weight is 558 g/mol. The van der Waals surface area contributed by atoms with Crippen molar-refractivity contribution >= 4 is 34.8 Å². The number of esters is 1. The Kier molecular flexibility index (Phi) is 14.1. The van der Waals surface area contributed by atoms with E-state index in [1.54, 1.807) is 30.3 Å². The molecule has 41 heavy (non-hydrogen) atoms. The van der Waals surface area contributed by atoms with Gasteiger partial charge in [-0.2, -0.15) is 5.10 Å². The van der Waals surface area contributed by atoms with Gasteiger partial charge in [-0.25, -0.2) is 10.2 Å². The number of nitrogens with one attached hydrogen (secondary N) is 2. The first-order chi connectivity index (χ1) is 20.1. The van der Waals surface area contributed by atoms with Gasteiger partial charge in [0.2, 0.25) is 5.91 Å². The Morgan fingerprint density at radius 2 is 1.37 bits per heavy atom. The monoisotopic (exact) mass is 557 g/mol. The molecule has 218 valence electrons. The van der Waals surface area contributed by atoms with Crippen LogP contribution in [0, 0.1) is 0 Å². The highest BCUT2D eigenvalue weighted by atomic mass is 16.5. The summed E-state index contributed by atoms with van der Waals surface area (Å²) in [5.41, 5.74) is 3.45. The molecule has 0 aliphatic carbocycles. The molecule has 3 aromatic rings. The second-order valence-corrected chi connectivity index (χ2v) is 10.3. The largest absolute Gasteiger partial charge is 0.422 e. The summed E-state index contributed by atoms with van der Waals surface area (Å²) in [7, 11) is 0. The fraction of sp³-hybridized carbons (Fsp3) is 0.412. The van der Waals surface area contributed by atoms with Crippen molar-refractivity contribution in [3.8, 4) is 5.75 Å². The van der Waals surface area contributed by atoms with E-state index in [9.17, 15) is 14.4 Å². The number of ether oxygens (including phenoxy) is 1. The van der Waals surface area contributed by atoms with E-state index in [1.807, 2.05) is 36.4 Å². The van der Waals surface area contributed by atoms with Crippen LogP contribution in [0.15, 0.2) is 71.8 Å². The number of fused-ring (bicyclic) bond motifs is 1. The maximum atomic E-state index is 12.7. The molecule has 0 fully saturated rings.